The summed E-state index contributed by atoms with van der Waals surface area (Å²) in [6.45, 7) is 6.37. The lowest BCUT2D eigenvalue weighted by atomic mass is 10.2. The smallest absolute Gasteiger partial charge is 0.338 e. The molecule has 29 heavy (non-hydrogen) atoms. The van der Waals surface area contributed by atoms with E-state index in [1.54, 1.807) is 24.3 Å². The Morgan fingerprint density at radius 2 is 1.93 bits per heavy atom. The largest absolute Gasteiger partial charge is 0.493 e. The molecule has 0 unspecified atom stereocenters. The molecule has 0 atom stereocenters. The summed E-state index contributed by atoms with van der Waals surface area (Å²) < 4.78 is 17.9. The first-order chi connectivity index (χ1) is 13.9. The van der Waals surface area contributed by atoms with E-state index < -0.39 is 5.97 Å². The van der Waals surface area contributed by atoms with Crippen molar-refractivity contribution >= 4 is 11.6 Å². The number of esters is 1. The van der Waals surface area contributed by atoms with Crippen LogP contribution >= 0.6 is 0 Å². The van der Waals surface area contributed by atoms with Crippen LogP contribution in [0.15, 0.2) is 47.3 Å². The Hall–Kier alpha value is -3.35. The van der Waals surface area contributed by atoms with Crippen molar-refractivity contribution < 1.29 is 19.0 Å². The first-order valence-electron chi connectivity index (χ1n) is 9.35. The van der Waals surface area contributed by atoms with Gasteiger partial charge in [-0.05, 0) is 43.2 Å². The van der Waals surface area contributed by atoms with E-state index in [1.165, 1.54) is 17.6 Å². The fourth-order valence-electron chi connectivity index (χ4n) is 2.83. The van der Waals surface area contributed by atoms with Crippen LogP contribution in [0.4, 0.5) is 0 Å². The fraction of sp³-hybridized carbons (Fsp3) is 0.318. The normalized spacial score (nSPS) is 10.9. The van der Waals surface area contributed by atoms with Crippen LogP contribution in [-0.2, 0) is 11.3 Å². The van der Waals surface area contributed by atoms with Crippen molar-refractivity contribution in [3.63, 3.8) is 0 Å². The fourth-order valence-corrected chi connectivity index (χ4v) is 2.83. The molecule has 0 N–H and O–H groups in total. The zero-order chi connectivity index (χ0) is 21.0. The molecule has 7 heteroatoms. The van der Waals surface area contributed by atoms with Crippen LogP contribution in [-0.4, -0.2) is 29.1 Å². The third kappa shape index (κ3) is 4.74. The average molecular weight is 396 g/mol. The maximum atomic E-state index is 12.4. The van der Waals surface area contributed by atoms with Gasteiger partial charge < -0.3 is 14.2 Å². The number of carbonyl (C=O) groups excluding carboxylic acids is 1. The molecule has 0 aliphatic rings. The Morgan fingerprint density at radius 3 is 2.66 bits per heavy atom. The van der Waals surface area contributed by atoms with Gasteiger partial charge in [0.25, 0.3) is 5.56 Å². The minimum Gasteiger partial charge on any atom is -0.493 e. The zero-order valence-corrected chi connectivity index (χ0v) is 17.0. The quantitative estimate of drug-likeness (QED) is 0.570. The van der Waals surface area contributed by atoms with Gasteiger partial charge in [-0.3, -0.25) is 9.20 Å². The number of carbonyl (C=O) groups is 1. The molecular weight excluding hydrogens is 372 g/mol. The standard InChI is InChI=1S/C22H24N2O5/c1-14(2)12-28-18-9-8-16(10-19(18)27-4)22(26)29-13-17-11-21(25)24-15(3)6-5-7-20(24)23-17/h5-11,14H,12-13H2,1-4H3. The lowest BCUT2D eigenvalue weighted by molar-refractivity contribution is 0.0467. The van der Waals surface area contributed by atoms with Gasteiger partial charge in [0.15, 0.2) is 11.5 Å². The number of benzene rings is 1. The molecular formula is C22H24N2O5. The number of fused-ring (bicyclic) bond motifs is 1. The van der Waals surface area contributed by atoms with Crippen molar-refractivity contribution in [2.75, 3.05) is 13.7 Å². The van der Waals surface area contributed by atoms with E-state index in [4.69, 9.17) is 14.2 Å². The molecule has 2 aromatic heterocycles. The van der Waals surface area contributed by atoms with Crippen molar-refractivity contribution in [1.29, 1.82) is 0 Å². The van der Waals surface area contributed by atoms with Gasteiger partial charge in [-0.2, -0.15) is 0 Å². The maximum Gasteiger partial charge on any atom is 0.338 e. The molecule has 0 spiro atoms. The Morgan fingerprint density at radius 1 is 1.14 bits per heavy atom. The van der Waals surface area contributed by atoms with Gasteiger partial charge >= 0.3 is 5.97 Å². The zero-order valence-electron chi connectivity index (χ0n) is 17.0. The highest BCUT2D eigenvalue weighted by Crippen LogP contribution is 2.28. The summed E-state index contributed by atoms with van der Waals surface area (Å²) in [5, 5.41) is 0. The van der Waals surface area contributed by atoms with E-state index in [-0.39, 0.29) is 12.2 Å². The van der Waals surface area contributed by atoms with Gasteiger partial charge in [0.1, 0.15) is 12.3 Å². The molecule has 3 rings (SSSR count). The number of ether oxygens (including phenoxy) is 3. The minimum absolute atomic E-state index is 0.105. The molecule has 2 heterocycles. The number of rotatable bonds is 7. The van der Waals surface area contributed by atoms with Crippen LogP contribution in [0, 0.1) is 12.8 Å². The first kappa shape index (κ1) is 20.4. The monoisotopic (exact) mass is 396 g/mol. The second-order valence-electron chi connectivity index (χ2n) is 7.09. The molecule has 0 saturated carbocycles. The first-order valence-corrected chi connectivity index (χ1v) is 9.35. The van der Waals surface area contributed by atoms with Crippen LogP contribution in [0.1, 0.15) is 35.6 Å². The second-order valence-corrected chi connectivity index (χ2v) is 7.09. The lowest BCUT2D eigenvalue weighted by Crippen LogP contribution is -2.18. The van der Waals surface area contributed by atoms with Gasteiger partial charge in [-0.15, -0.1) is 0 Å². The predicted octanol–water partition coefficient (Wildman–Crippen LogP) is 3.40. The summed E-state index contributed by atoms with van der Waals surface area (Å²) in [6.07, 6.45) is 0. The number of hydrogen-bond donors (Lipinski definition) is 0. The van der Waals surface area contributed by atoms with Crippen LogP contribution < -0.4 is 15.0 Å². The van der Waals surface area contributed by atoms with Gasteiger partial charge in [0, 0.05) is 11.8 Å². The van der Waals surface area contributed by atoms with E-state index in [2.05, 4.69) is 4.98 Å². The highest BCUT2D eigenvalue weighted by molar-refractivity contribution is 5.90. The molecule has 1 aromatic carbocycles. The number of nitrogens with zero attached hydrogens (tertiary/aromatic N) is 2. The van der Waals surface area contributed by atoms with Gasteiger partial charge in [0.05, 0.1) is 25.0 Å². The molecule has 0 bridgehead atoms. The summed E-state index contributed by atoms with van der Waals surface area (Å²) in [5.74, 6) is 0.853. The van der Waals surface area contributed by atoms with Crippen molar-refractivity contribution in [2.45, 2.75) is 27.4 Å². The van der Waals surface area contributed by atoms with Gasteiger partial charge in [0.2, 0.25) is 0 Å². The summed E-state index contributed by atoms with van der Waals surface area (Å²) in [7, 11) is 1.51. The third-order valence-corrected chi connectivity index (χ3v) is 4.26. The van der Waals surface area contributed by atoms with E-state index in [0.29, 0.717) is 40.9 Å². The SMILES string of the molecule is COc1cc(C(=O)OCc2cc(=O)n3c(C)cccc3n2)ccc1OCC(C)C. The minimum atomic E-state index is -0.537. The third-order valence-electron chi connectivity index (χ3n) is 4.26. The Balaban J connectivity index is 1.74. The molecule has 3 aromatic rings. The van der Waals surface area contributed by atoms with Crippen LogP contribution in [0.2, 0.25) is 0 Å². The molecule has 0 saturated heterocycles. The van der Waals surface area contributed by atoms with Crippen LogP contribution in [0.25, 0.3) is 5.65 Å². The molecule has 0 aliphatic carbocycles. The number of hydrogen-bond acceptors (Lipinski definition) is 6. The van der Waals surface area contributed by atoms with Crippen molar-refractivity contribution in [3.8, 4) is 11.5 Å². The van der Waals surface area contributed by atoms with Crippen LogP contribution in [0.3, 0.4) is 0 Å². The van der Waals surface area contributed by atoms with Gasteiger partial charge in [-0.1, -0.05) is 19.9 Å². The van der Waals surface area contributed by atoms with Crippen LogP contribution in [0.5, 0.6) is 11.5 Å². The Kier molecular flexibility index (Phi) is 6.16. The molecule has 0 amide bonds. The highest BCUT2D eigenvalue weighted by atomic mass is 16.5. The number of aryl methyl sites for hydroxylation is 1. The topological polar surface area (TPSA) is 79.1 Å². The number of pyridine rings is 1. The highest BCUT2D eigenvalue weighted by Gasteiger charge is 2.14. The van der Waals surface area contributed by atoms with Gasteiger partial charge in [-0.25, -0.2) is 9.78 Å². The maximum absolute atomic E-state index is 12.4. The van der Waals surface area contributed by atoms with Crippen molar-refractivity contribution in [3.05, 3.63) is 69.8 Å². The van der Waals surface area contributed by atoms with Crippen molar-refractivity contribution in [2.24, 2.45) is 5.92 Å². The number of aromatic nitrogens is 2. The summed E-state index contributed by atoms with van der Waals surface area (Å²) >= 11 is 0. The van der Waals surface area contributed by atoms with E-state index in [9.17, 15) is 9.59 Å². The molecule has 0 fully saturated rings. The Labute approximate surface area is 168 Å². The van der Waals surface area contributed by atoms with E-state index in [0.717, 1.165) is 5.69 Å². The lowest BCUT2D eigenvalue weighted by Gasteiger charge is -2.13. The van der Waals surface area contributed by atoms with E-state index in [1.807, 2.05) is 32.9 Å². The average Bonchev–Trinajstić information content (AvgIpc) is 2.70. The summed E-state index contributed by atoms with van der Waals surface area (Å²) in [6, 6.07) is 11.6. The molecule has 152 valence electrons. The van der Waals surface area contributed by atoms with E-state index >= 15 is 0 Å². The second kappa shape index (κ2) is 8.77. The summed E-state index contributed by atoms with van der Waals surface area (Å²) in [5.41, 5.74) is 1.80. The number of methoxy groups -OCH3 is 1. The summed E-state index contributed by atoms with van der Waals surface area (Å²) in [4.78, 5) is 29.1. The molecule has 0 aliphatic heterocycles. The molecule has 7 nitrogen and oxygen atoms in total. The molecule has 0 radical (unpaired) electrons. The predicted molar refractivity (Wildman–Crippen MR) is 109 cm³/mol. The Bertz CT molecular complexity index is 1090. The van der Waals surface area contributed by atoms with Crippen molar-refractivity contribution in [1.82, 2.24) is 9.38 Å².